The Morgan fingerprint density at radius 2 is 1.96 bits per heavy atom. The molecule has 0 amide bonds. The lowest BCUT2D eigenvalue weighted by molar-refractivity contribution is 0.236. The lowest BCUT2D eigenvalue weighted by Gasteiger charge is -2.40. The molecule has 146 valence electrons. The summed E-state index contributed by atoms with van der Waals surface area (Å²) in [5, 5.41) is 0.794. The number of ether oxygens (including phenoxy) is 1. The van der Waals surface area contributed by atoms with E-state index in [2.05, 4.69) is 9.88 Å². The molecular formula is C19H25FN4O2S. The van der Waals surface area contributed by atoms with Gasteiger partial charge in [0.25, 0.3) is 0 Å². The zero-order chi connectivity index (χ0) is 19.2. The summed E-state index contributed by atoms with van der Waals surface area (Å²) in [5.41, 5.74) is 1.86. The van der Waals surface area contributed by atoms with Gasteiger partial charge in [-0.3, -0.25) is 4.98 Å². The van der Waals surface area contributed by atoms with Crippen molar-refractivity contribution in [2.24, 2.45) is 5.41 Å². The minimum Gasteiger partial charge on any atom is -0.494 e. The first kappa shape index (κ1) is 18.4. The van der Waals surface area contributed by atoms with Crippen LogP contribution in [0.2, 0.25) is 0 Å². The quantitative estimate of drug-likeness (QED) is 0.870. The molecule has 1 aromatic heterocycles. The van der Waals surface area contributed by atoms with E-state index in [1.165, 1.54) is 19.4 Å². The molecule has 2 aromatic rings. The molecule has 1 unspecified atom stereocenters. The Bertz CT molecular complexity index is 971. The van der Waals surface area contributed by atoms with Crippen LogP contribution in [0, 0.1) is 16.0 Å². The van der Waals surface area contributed by atoms with Crippen LogP contribution in [0.3, 0.4) is 0 Å². The largest absolute Gasteiger partial charge is 0.494 e. The van der Waals surface area contributed by atoms with Gasteiger partial charge in [-0.2, -0.15) is 0 Å². The third kappa shape index (κ3) is 3.36. The first-order valence-electron chi connectivity index (χ1n) is 9.17. The molecule has 2 saturated heterocycles. The monoisotopic (exact) mass is 392 g/mol. The van der Waals surface area contributed by atoms with E-state index in [1.54, 1.807) is 12.3 Å². The highest BCUT2D eigenvalue weighted by atomic mass is 32.2. The van der Waals surface area contributed by atoms with E-state index in [0.29, 0.717) is 0 Å². The molecule has 1 N–H and O–H groups in total. The van der Waals surface area contributed by atoms with Crippen molar-refractivity contribution in [2.45, 2.75) is 19.3 Å². The maximum absolute atomic E-state index is 14.2. The molecule has 0 bridgehead atoms. The van der Waals surface area contributed by atoms with E-state index in [1.807, 2.05) is 10.4 Å². The van der Waals surface area contributed by atoms with Crippen molar-refractivity contribution in [3.8, 4) is 5.75 Å². The molecular weight excluding hydrogens is 367 g/mol. The smallest absolute Gasteiger partial charge is 0.165 e. The molecule has 0 aliphatic carbocycles. The average Bonchev–Trinajstić information content (AvgIpc) is 3.06. The van der Waals surface area contributed by atoms with Crippen molar-refractivity contribution in [1.29, 1.82) is 4.78 Å². The number of hydrogen-bond donors (Lipinski definition) is 1. The van der Waals surface area contributed by atoms with E-state index >= 15 is 0 Å². The van der Waals surface area contributed by atoms with Gasteiger partial charge >= 0.3 is 0 Å². The van der Waals surface area contributed by atoms with E-state index in [9.17, 15) is 8.60 Å². The zero-order valence-electron chi connectivity index (χ0n) is 15.7. The summed E-state index contributed by atoms with van der Waals surface area (Å²) >= 11 is 0. The Labute approximate surface area is 159 Å². The van der Waals surface area contributed by atoms with Crippen LogP contribution < -0.4 is 9.64 Å². The Balaban J connectivity index is 1.56. The lowest BCUT2D eigenvalue weighted by Crippen LogP contribution is -2.42. The van der Waals surface area contributed by atoms with Gasteiger partial charge in [0.15, 0.2) is 11.6 Å². The Morgan fingerprint density at radius 3 is 2.59 bits per heavy atom. The van der Waals surface area contributed by atoms with Crippen LogP contribution in [0.1, 0.15) is 19.3 Å². The van der Waals surface area contributed by atoms with Crippen LogP contribution in [0.25, 0.3) is 10.9 Å². The molecule has 8 heteroatoms. The molecule has 1 spiro atoms. The molecule has 3 heterocycles. The molecule has 6 nitrogen and oxygen atoms in total. The van der Waals surface area contributed by atoms with E-state index in [-0.39, 0.29) is 17.0 Å². The van der Waals surface area contributed by atoms with Gasteiger partial charge in [0, 0.05) is 55.8 Å². The summed E-state index contributed by atoms with van der Waals surface area (Å²) in [7, 11) is -1.17. The van der Waals surface area contributed by atoms with Crippen molar-refractivity contribution in [3.63, 3.8) is 0 Å². The fraction of sp³-hybridized carbons (Fsp3) is 0.526. The number of nitrogens with one attached hydrogen (secondary N) is 1. The average molecular weight is 392 g/mol. The number of piperidine rings is 1. The fourth-order valence-electron chi connectivity index (χ4n) is 4.39. The SMILES string of the molecule is COc1cc2nccc(N3CCC4(CC3)CCN(S(C)(=N)=O)C4)c2cc1F. The standard InChI is InChI=1S/C19H25FN4O2S/c1-26-18-12-16-14(11-15(18)20)17(3-7-22-16)23-8-4-19(5-9-23)6-10-24(13-19)27(2,21)25/h3,7,11-12,21H,4-6,8-10,13H2,1-2H3. The predicted molar refractivity (Wildman–Crippen MR) is 105 cm³/mol. The van der Waals surface area contributed by atoms with Crippen LogP contribution in [-0.2, 0) is 9.92 Å². The zero-order valence-corrected chi connectivity index (χ0v) is 16.5. The summed E-state index contributed by atoms with van der Waals surface area (Å²) in [5.74, 6) is -0.179. The number of hydrogen-bond acceptors (Lipinski definition) is 5. The first-order chi connectivity index (χ1) is 12.8. The number of methoxy groups -OCH3 is 1. The number of anilines is 1. The Kier molecular flexibility index (Phi) is 4.50. The second kappa shape index (κ2) is 6.60. The van der Waals surface area contributed by atoms with E-state index in [4.69, 9.17) is 9.52 Å². The number of rotatable bonds is 3. The summed E-state index contributed by atoms with van der Waals surface area (Å²) in [6.45, 7) is 3.21. The first-order valence-corrected chi connectivity index (χ1v) is 11.1. The number of benzene rings is 1. The van der Waals surface area contributed by atoms with Crippen LogP contribution >= 0.6 is 0 Å². The Morgan fingerprint density at radius 1 is 1.26 bits per heavy atom. The molecule has 0 saturated carbocycles. The van der Waals surface area contributed by atoms with E-state index < -0.39 is 9.92 Å². The highest BCUT2D eigenvalue weighted by Crippen LogP contribution is 2.43. The third-order valence-electron chi connectivity index (χ3n) is 6.05. The predicted octanol–water partition coefficient (Wildman–Crippen LogP) is 3.27. The Hall–Kier alpha value is -1.93. The number of pyridine rings is 1. The number of nitrogens with zero attached hydrogens (tertiary/aromatic N) is 3. The minimum atomic E-state index is -2.63. The van der Waals surface area contributed by atoms with Crippen molar-refractivity contribution < 1.29 is 13.3 Å². The van der Waals surface area contributed by atoms with Crippen LogP contribution in [0.4, 0.5) is 10.1 Å². The van der Waals surface area contributed by atoms with Gasteiger partial charge in [0.05, 0.1) is 12.6 Å². The van der Waals surface area contributed by atoms with Crippen LogP contribution in [0.15, 0.2) is 24.4 Å². The highest BCUT2D eigenvalue weighted by molar-refractivity contribution is 7.89. The van der Waals surface area contributed by atoms with Gasteiger partial charge in [-0.15, -0.1) is 0 Å². The second-order valence-corrected chi connectivity index (χ2v) is 9.86. The lowest BCUT2D eigenvalue weighted by atomic mass is 9.77. The summed E-state index contributed by atoms with van der Waals surface area (Å²) < 4.78 is 41.0. The van der Waals surface area contributed by atoms with Gasteiger partial charge in [-0.1, -0.05) is 0 Å². The number of halogens is 1. The maximum Gasteiger partial charge on any atom is 0.165 e. The normalized spacial score (nSPS) is 22.3. The molecule has 4 rings (SSSR count). The van der Waals surface area contributed by atoms with Gasteiger partial charge in [-0.05, 0) is 36.8 Å². The fourth-order valence-corrected chi connectivity index (χ4v) is 5.35. The van der Waals surface area contributed by atoms with Crippen molar-refractivity contribution in [3.05, 3.63) is 30.2 Å². The maximum atomic E-state index is 14.2. The van der Waals surface area contributed by atoms with Gasteiger partial charge < -0.3 is 9.64 Å². The van der Waals surface area contributed by atoms with Crippen LogP contribution in [-0.4, -0.2) is 53.0 Å². The molecule has 2 fully saturated rings. The van der Waals surface area contributed by atoms with Crippen molar-refractivity contribution in [2.75, 3.05) is 44.4 Å². The van der Waals surface area contributed by atoms with E-state index in [0.717, 1.165) is 62.0 Å². The molecule has 2 aliphatic rings. The van der Waals surface area contributed by atoms with Crippen molar-refractivity contribution >= 4 is 26.5 Å². The summed E-state index contributed by atoms with van der Waals surface area (Å²) in [6.07, 6.45) is 6.23. The number of fused-ring (bicyclic) bond motifs is 1. The molecule has 2 aliphatic heterocycles. The third-order valence-corrected chi connectivity index (χ3v) is 7.35. The number of aromatic nitrogens is 1. The van der Waals surface area contributed by atoms with Gasteiger partial charge in [0.1, 0.15) is 9.92 Å². The minimum absolute atomic E-state index is 0.146. The molecule has 1 atom stereocenters. The topological polar surface area (TPSA) is 69.5 Å². The van der Waals surface area contributed by atoms with Gasteiger partial charge in [0.2, 0.25) is 0 Å². The van der Waals surface area contributed by atoms with Crippen molar-refractivity contribution in [1.82, 2.24) is 9.29 Å². The summed E-state index contributed by atoms with van der Waals surface area (Å²) in [6, 6.07) is 5.08. The molecule has 1 aromatic carbocycles. The molecule has 27 heavy (non-hydrogen) atoms. The molecule has 0 radical (unpaired) electrons. The second-order valence-electron chi connectivity index (χ2n) is 7.74. The highest BCUT2D eigenvalue weighted by Gasteiger charge is 2.42. The van der Waals surface area contributed by atoms with Crippen LogP contribution in [0.5, 0.6) is 5.75 Å². The summed E-state index contributed by atoms with van der Waals surface area (Å²) in [4.78, 5) is 6.65. The van der Waals surface area contributed by atoms with Gasteiger partial charge in [-0.25, -0.2) is 17.7 Å².